The minimum atomic E-state index is -0.410. The van der Waals surface area contributed by atoms with Gasteiger partial charge in [-0.1, -0.05) is 6.07 Å². The summed E-state index contributed by atoms with van der Waals surface area (Å²) in [7, 11) is 1.62. The highest BCUT2D eigenvalue weighted by Crippen LogP contribution is 2.36. The lowest BCUT2D eigenvalue weighted by molar-refractivity contribution is -0.384. The number of pyridine rings is 1. The molecule has 0 radical (unpaired) electrons. The molecular formula is C25H20N4O4. The van der Waals surface area contributed by atoms with Crippen molar-refractivity contribution in [3.05, 3.63) is 83.0 Å². The van der Waals surface area contributed by atoms with Gasteiger partial charge in [-0.15, -0.1) is 0 Å². The fourth-order valence-corrected chi connectivity index (χ4v) is 3.91. The number of hydrogen-bond donors (Lipinski definition) is 0. The van der Waals surface area contributed by atoms with Crippen LogP contribution in [0.4, 0.5) is 5.69 Å². The normalized spacial score (nSPS) is 11.1. The first-order chi connectivity index (χ1) is 16.1. The van der Waals surface area contributed by atoms with Crippen LogP contribution in [0.15, 0.2) is 72.9 Å². The maximum absolute atomic E-state index is 11.4. The molecule has 0 bridgehead atoms. The second kappa shape index (κ2) is 8.23. The highest BCUT2D eigenvalue weighted by Gasteiger charge is 2.19. The van der Waals surface area contributed by atoms with Crippen LogP contribution in [0.1, 0.15) is 6.92 Å². The van der Waals surface area contributed by atoms with Crippen molar-refractivity contribution in [1.82, 2.24) is 14.8 Å². The Hall–Kier alpha value is -4.46. The molecule has 0 spiro atoms. The Kier molecular flexibility index (Phi) is 5.10. The maximum Gasteiger partial charge on any atom is 0.271 e. The number of aromatic nitrogens is 3. The Balaban J connectivity index is 1.84. The second-order valence-corrected chi connectivity index (χ2v) is 7.40. The fraction of sp³-hybridized carbons (Fsp3) is 0.120. The molecule has 5 rings (SSSR count). The van der Waals surface area contributed by atoms with Crippen LogP contribution in [-0.4, -0.2) is 33.4 Å². The smallest absolute Gasteiger partial charge is 0.271 e. The first-order valence-electron chi connectivity index (χ1n) is 10.4. The van der Waals surface area contributed by atoms with E-state index in [1.165, 1.54) is 12.1 Å². The number of ether oxygens (including phenoxy) is 2. The molecule has 2 heterocycles. The van der Waals surface area contributed by atoms with Gasteiger partial charge in [0.15, 0.2) is 0 Å². The molecule has 5 aromatic rings. The third kappa shape index (κ3) is 3.61. The Morgan fingerprint density at radius 2 is 1.79 bits per heavy atom. The van der Waals surface area contributed by atoms with Gasteiger partial charge in [0, 0.05) is 34.7 Å². The average molecular weight is 440 g/mol. The van der Waals surface area contributed by atoms with Crippen LogP contribution >= 0.6 is 0 Å². The summed E-state index contributed by atoms with van der Waals surface area (Å²) in [6, 6.07) is 19.7. The highest BCUT2D eigenvalue weighted by molar-refractivity contribution is 6.09. The molecule has 0 aliphatic heterocycles. The zero-order valence-electron chi connectivity index (χ0n) is 18.1. The molecule has 8 nitrogen and oxygen atoms in total. The van der Waals surface area contributed by atoms with E-state index < -0.39 is 4.92 Å². The Morgan fingerprint density at radius 1 is 1.00 bits per heavy atom. The van der Waals surface area contributed by atoms with Gasteiger partial charge in [-0.25, -0.2) is 4.68 Å². The Morgan fingerprint density at radius 3 is 2.52 bits per heavy atom. The lowest BCUT2D eigenvalue weighted by Gasteiger charge is -2.08. The van der Waals surface area contributed by atoms with Crippen molar-refractivity contribution in [1.29, 1.82) is 0 Å². The quantitative estimate of drug-likeness (QED) is 0.254. The van der Waals surface area contributed by atoms with Gasteiger partial charge >= 0.3 is 0 Å². The van der Waals surface area contributed by atoms with Crippen molar-refractivity contribution in [3.63, 3.8) is 0 Å². The molecule has 2 aromatic heterocycles. The number of methoxy groups -OCH3 is 1. The van der Waals surface area contributed by atoms with Crippen molar-refractivity contribution in [3.8, 4) is 28.4 Å². The van der Waals surface area contributed by atoms with E-state index in [4.69, 9.17) is 14.6 Å². The summed E-state index contributed by atoms with van der Waals surface area (Å²) in [4.78, 5) is 15.6. The molecule has 0 unspecified atom stereocenters. The van der Waals surface area contributed by atoms with E-state index >= 15 is 0 Å². The van der Waals surface area contributed by atoms with Gasteiger partial charge in [0.2, 0.25) is 0 Å². The zero-order valence-corrected chi connectivity index (χ0v) is 18.1. The SMILES string of the molecule is CCOc1ccc2ncc3c(-c4ccc(OC)cc4)nn(-c4cccc([N+](=O)[O-])c4)c3c2c1. The molecule has 0 aliphatic rings. The number of non-ortho nitro benzene ring substituents is 1. The molecule has 0 fully saturated rings. The summed E-state index contributed by atoms with van der Waals surface area (Å²) in [6.07, 6.45) is 1.79. The van der Waals surface area contributed by atoms with Crippen LogP contribution in [0.25, 0.3) is 38.8 Å². The van der Waals surface area contributed by atoms with E-state index in [2.05, 4.69) is 4.98 Å². The lowest BCUT2D eigenvalue weighted by atomic mass is 10.1. The summed E-state index contributed by atoms with van der Waals surface area (Å²) >= 11 is 0. The van der Waals surface area contributed by atoms with Crippen molar-refractivity contribution < 1.29 is 14.4 Å². The van der Waals surface area contributed by atoms with Crippen molar-refractivity contribution in [2.75, 3.05) is 13.7 Å². The molecule has 0 atom stereocenters. The summed E-state index contributed by atoms with van der Waals surface area (Å²) in [6.45, 7) is 2.47. The number of nitro benzene ring substituents is 1. The highest BCUT2D eigenvalue weighted by atomic mass is 16.6. The number of nitrogens with zero attached hydrogens (tertiary/aromatic N) is 4. The van der Waals surface area contributed by atoms with Crippen molar-refractivity contribution in [2.24, 2.45) is 0 Å². The number of hydrogen-bond acceptors (Lipinski definition) is 6. The number of benzene rings is 3. The molecule has 8 heteroatoms. The van der Waals surface area contributed by atoms with E-state index in [1.807, 2.05) is 49.4 Å². The van der Waals surface area contributed by atoms with Crippen LogP contribution in [0.5, 0.6) is 11.5 Å². The van der Waals surface area contributed by atoms with Crippen molar-refractivity contribution >= 4 is 27.5 Å². The number of rotatable bonds is 6. The molecule has 33 heavy (non-hydrogen) atoms. The van der Waals surface area contributed by atoms with Crippen LogP contribution < -0.4 is 9.47 Å². The second-order valence-electron chi connectivity index (χ2n) is 7.40. The minimum absolute atomic E-state index is 0.00415. The predicted octanol–water partition coefficient (Wildman–Crippen LogP) is 5.56. The predicted molar refractivity (Wildman–Crippen MR) is 126 cm³/mol. The molecule has 3 aromatic carbocycles. The number of fused-ring (bicyclic) bond motifs is 3. The van der Waals surface area contributed by atoms with Crippen LogP contribution in [0, 0.1) is 10.1 Å². The Bertz CT molecular complexity index is 1490. The molecule has 0 saturated carbocycles. The molecule has 0 amide bonds. The minimum Gasteiger partial charge on any atom is -0.497 e. The van der Waals surface area contributed by atoms with Gasteiger partial charge in [0.25, 0.3) is 5.69 Å². The molecule has 0 aliphatic carbocycles. The summed E-state index contributed by atoms with van der Waals surface area (Å²) in [5.74, 6) is 1.46. The molecule has 0 N–H and O–H groups in total. The van der Waals surface area contributed by atoms with Crippen molar-refractivity contribution in [2.45, 2.75) is 6.92 Å². The Labute approximate surface area is 189 Å². The molecule has 164 valence electrons. The largest absolute Gasteiger partial charge is 0.497 e. The average Bonchev–Trinajstić information content (AvgIpc) is 3.24. The van der Waals surface area contributed by atoms with Gasteiger partial charge in [0.1, 0.15) is 17.2 Å². The third-order valence-electron chi connectivity index (χ3n) is 5.44. The zero-order chi connectivity index (χ0) is 22.9. The summed E-state index contributed by atoms with van der Waals surface area (Å²) in [5, 5.41) is 18.0. The fourth-order valence-electron chi connectivity index (χ4n) is 3.91. The van der Waals surface area contributed by atoms with E-state index in [1.54, 1.807) is 30.1 Å². The molecular weight excluding hydrogens is 420 g/mol. The first kappa shape index (κ1) is 20.4. The van der Waals surface area contributed by atoms with Crippen LogP contribution in [0.2, 0.25) is 0 Å². The van der Waals surface area contributed by atoms with Gasteiger partial charge in [0.05, 0.1) is 35.4 Å². The van der Waals surface area contributed by atoms with Crippen LogP contribution in [-0.2, 0) is 0 Å². The lowest BCUT2D eigenvalue weighted by Crippen LogP contribution is -1.99. The summed E-state index contributed by atoms with van der Waals surface area (Å²) < 4.78 is 12.7. The van der Waals surface area contributed by atoms with E-state index in [0.29, 0.717) is 12.3 Å². The van der Waals surface area contributed by atoms with Gasteiger partial charge in [-0.2, -0.15) is 5.10 Å². The topological polar surface area (TPSA) is 92.3 Å². The first-order valence-corrected chi connectivity index (χ1v) is 10.4. The van der Waals surface area contributed by atoms with E-state index in [9.17, 15) is 10.1 Å². The third-order valence-corrected chi connectivity index (χ3v) is 5.44. The van der Waals surface area contributed by atoms with Gasteiger partial charge < -0.3 is 9.47 Å². The maximum atomic E-state index is 11.4. The van der Waals surface area contributed by atoms with E-state index in [0.717, 1.165) is 44.6 Å². The molecule has 0 saturated heterocycles. The van der Waals surface area contributed by atoms with Gasteiger partial charge in [-0.05, 0) is 55.5 Å². The summed E-state index contributed by atoms with van der Waals surface area (Å²) in [5.41, 5.74) is 3.76. The van der Waals surface area contributed by atoms with E-state index in [-0.39, 0.29) is 5.69 Å². The van der Waals surface area contributed by atoms with Crippen LogP contribution in [0.3, 0.4) is 0 Å². The monoisotopic (exact) mass is 440 g/mol. The number of nitro groups is 1. The standard InChI is InChI=1S/C25H20N4O4/c1-3-33-20-11-12-23-21(14-20)25-22(15-26-23)24(16-7-9-19(32-2)10-8-16)27-28(25)17-5-4-6-18(13-17)29(30)31/h4-15H,3H2,1-2H3. The van der Waals surface area contributed by atoms with Gasteiger partial charge in [-0.3, -0.25) is 15.1 Å².